The molecule has 3 N–H and O–H groups in total. The second-order valence-corrected chi connectivity index (χ2v) is 4.34. The molecule has 1 heterocycles. The number of hydrogen-bond acceptors (Lipinski definition) is 2. The third-order valence-corrected chi connectivity index (χ3v) is 3.00. The van der Waals surface area contributed by atoms with Crippen molar-refractivity contribution in [2.24, 2.45) is 5.73 Å². The normalized spacial score (nSPS) is 19.6. The number of amides is 2. The number of carbonyl (C=O) groups excluding carboxylic acids is 1. The topological polar surface area (TPSA) is 58.4 Å². The van der Waals surface area contributed by atoms with Gasteiger partial charge in [-0.2, -0.15) is 0 Å². The molecule has 1 aliphatic heterocycles. The maximum Gasteiger partial charge on any atom is 0.322 e. The van der Waals surface area contributed by atoms with Gasteiger partial charge in [0.2, 0.25) is 0 Å². The van der Waals surface area contributed by atoms with E-state index in [0.29, 0.717) is 18.8 Å². The minimum absolute atomic E-state index is 0.0116. The molecule has 1 fully saturated rings. The van der Waals surface area contributed by atoms with E-state index < -0.39 is 5.82 Å². The molecule has 2 rings (SSSR count). The van der Waals surface area contributed by atoms with E-state index in [-0.39, 0.29) is 17.1 Å². The van der Waals surface area contributed by atoms with E-state index in [0.717, 1.165) is 6.42 Å². The van der Waals surface area contributed by atoms with E-state index in [1.165, 1.54) is 23.1 Å². The second kappa shape index (κ2) is 4.89. The van der Waals surface area contributed by atoms with Crippen molar-refractivity contribution < 1.29 is 9.18 Å². The Kier molecular flexibility index (Phi) is 3.49. The number of nitrogens with zero attached hydrogens (tertiary/aromatic N) is 1. The van der Waals surface area contributed by atoms with Gasteiger partial charge in [0.15, 0.2) is 0 Å². The first-order valence-corrected chi connectivity index (χ1v) is 5.72. The molecule has 1 aromatic rings. The van der Waals surface area contributed by atoms with Crippen molar-refractivity contribution >= 4 is 23.3 Å². The van der Waals surface area contributed by atoms with Crippen molar-refractivity contribution in [3.05, 3.63) is 29.0 Å². The summed E-state index contributed by atoms with van der Waals surface area (Å²) in [5.74, 6) is -0.492. The first-order valence-electron chi connectivity index (χ1n) is 5.35. The number of halogens is 2. The average molecular weight is 258 g/mol. The number of nitrogens with one attached hydrogen (secondary N) is 1. The van der Waals surface area contributed by atoms with E-state index in [4.69, 9.17) is 17.3 Å². The summed E-state index contributed by atoms with van der Waals surface area (Å²) in [4.78, 5) is 13.2. The number of benzene rings is 1. The van der Waals surface area contributed by atoms with Gasteiger partial charge in [-0.3, -0.25) is 4.90 Å². The van der Waals surface area contributed by atoms with Gasteiger partial charge in [0.05, 0.1) is 5.02 Å². The van der Waals surface area contributed by atoms with Gasteiger partial charge >= 0.3 is 6.03 Å². The van der Waals surface area contributed by atoms with Gasteiger partial charge in [-0.05, 0) is 31.2 Å². The number of rotatable bonds is 3. The van der Waals surface area contributed by atoms with Crippen LogP contribution in [0.3, 0.4) is 0 Å². The van der Waals surface area contributed by atoms with Crippen molar-refractivity contribution in [1.82, 2.24) is 5.32 Å². The lowest BCUT2D eigenvalue weighted by Crippen LogP contribution is -2.29. The summed E-state index contributed by atoms with van der Waals surface area (Å²) in [7, 11) is 0. The van der Waals surface area contributed by atoms with Crippen LogP contribution in [-0.4, -0.2) is 25.2 Å². The Morgan fingerprint density at radius 3 is 3.00 bits per heavy atom. The van der Waals surface area contributed by atoms with Crippen LogP contribution in [0, 0.1) is 5.82 Å². The average Bonchev–Trinajstić information content (AvgIpc) is 2.64. The highest BCUT2D eigenvalue weighted by molar-refractivity contribution is 6.31. The third-order valence-electron chi connectivity index (χ3n) is 2.71. The molecule has 92 valence electrons. The minimum atomic E-state index is -0.492. The Bertz CT molecular complexity index is 441. The third kappa shape index (κ3) is 2.50. The van der Waals surface area contributed by atoms with Gasteiger partial charge in [0.1, 0.15) is 5.82 Å². The molecule has 6 heteroatoms. The van der Waals surface area contributed by atoms with Gasteiger partial charge in [-0.25, -0.2) is 9.18 Å². The molecule has 1 saturated heterocycles. The van der Waals surface area contributed by atoms with Crippen LogP contribution < -0.4 is 16.0 Å². The predicted octanol–water partition coefficient (Wildman–Crippen LogP) is 1.73. The van der Waals surface area contributed by atoms with E-state index in [9.17, 15) is 9.18 Å². The highest BCUT2D eigenvalue weighted by Gasteiger charge is 2.29. The van der Waals surface area contributed by atoms with Crippen LogP contribution in [-0.2, 0) is 0 Å². The number of hydrogen-bond donors (Lipinski definition) is 2. The Morgan fingerprint density at radius 1 is 1.59 bits per heavy atom. The van der Waals surface area contributed by atoms with Crippen molar-refractivity contribution in [3.8, 4) is 0 Å². The lowest BCUT2D eigenvalue weighted by Gasteiger charge is -2.15. The molecule has 4 nitrogen and oxygen atoms in total. The summed E-state index contributed by atoms with van der Waals surface area (Å²) in [6.45, 7) is 1.04. The summed E-state index contributed by atoms with van der Waals surface area (Å²) >= 11 is 5.68. The highest BCUT2D eigenvalue weighted by Crippen LogP contribution is 2.24. The summed E-state index contributed by atoms with van der Waals surface area (Å²) < 4.78 is 13.0. The lowest BCUT2D eigenvalue weighted by molar-refractivity contribution is 0.250. The minimum Gasteiger partial charge on any atom is -0.333 e. The molecule has 1 aliphatic rings. The summed E-state index contributed by atoms with van der Waals surface area (Å²) in [6, 6.07) is 4.07. The fraction of sp³-hybridized carbons (Fsp3) is 0.364. The SMILES string of the molecule is NCCC1CN(c2ccc(F)c(Cl)c2)C(=O)N1. The van der Waals surface area contributed by atoms with Crippen LogP contribution in [0.25, 0.3) is 0 Å². The predicted molar refractivity (Wildman–Crippen MR) is 64.7 cm³/mol. The van der Waals surface area contributed by atoms with Crippen LogP contribution in [0.4, 0.5) is 14.9 Å². The molecule has 1 unspecified atom stereocenters. The molecule has 0 saturated carbocycles. The molecule has 2 amide bonds. The highest BCUT2D eigenvalue weighted by atomic mass is 35.5. The van der Waals surface area contributed by atoms with Gasteiger partial charge in [0, 0.05) is 18.3 Å². The summed E-state index contributed by atoms with van der Waals surface area (Å²) in [5.41, 5.74) is 6.03. The van der Waals surface area contributed by atoms with Gasteiger partial charge in [0.25, 0.3) is 0 Å². The van der Waals surface area contributed by atoms with E-state index in [1.807, 2.05) is 0 Å². The number of carbonyl (C=O) groups is 1. The van der Waals surface area contributed by atoms with E-state index in [1.54, 1.807) is 0 Å². The first kappa shape index (κ1) is 12.1. The number of urea groups is 1. The Balaban J connectivity index is 2.17. The van der Waals surface area contributed by atoms with Crippen molar-refractivity contribution in [3.63, 3.8) is 0 Å². The zero-order chi connectivity index (χ0) is 12.4. The van der Waals surface area contributed by atoms with Crippen LogP contribution in [0.1, 0.15) is 6.42 Å². The fourth-order valence-corrected chi connectivity index (χ4v) is 2.02. The summed E-state index contributed by atoms with van der Waals surface area (Å²) in [5, 5.41) is 2.82. The smallest absolute Gasteiger partial charge is 0.322 e. The van der Waals surface area contributed by atoms with E-state index in [2.05, 4.69) is 5.32 Å². The van der Waals surface area contributed by atoms with Crippen LogP contribution in [0.15, 0.2) is 18.2 Å². The molecular weight excluding hydrogens is 245 g/mol. The quantitative estimate of drug-likeness (QED) is 0.866. The Labute approximate surface area is 104 Å². The number of nitrogens with two attached hydrogens (primary N) is 1. The second-order valence-electron chi connectivity index (χ2n) is 3.93. The standard InChI is InChI=1S/C11H13ClFN3O/c12-9-5-8(1-2-10(9)13)16-6-7(3-4-14)15-11(16)17/h1-2,5,7H,3-4,6,14H2,(H,15,17). The number of anilines is 1. The molecular formula is C11H13ClFN3O. The first-order chi connectivity index (χ1) is 8.11. The molecule has 0 radical (unpaired) electrons. The largest absolute Gasteiger partial charge is 0.333 e. The van der Waals surface area contributed by atoms with Gasteiger partial charge in [-0.1, -0.05) is 11.6 Å². The zero-order valence-electron chi connectivity index (χ0n) is 9.12. The fourth-order valence-electron chi connectivity index (χ4n) is 1.84. The maximum atomic E-state index is 13.0. The van der Waals surface area contributed by atoms with Crippen molar-refractivity contribution in [1.29, 1.82) is 0 Å². The van der Waals surface area contributed by atoms with Gasteiger partial charge in [-0.15, -0.1) is 0 Å². The molecule has 1 atom stereocenters. The lowest BCUT2D eigenvalue weighted by atomic mass is 10.2. The summed E-state index contributed by atoms with van der Waals surface area (Å²) in [6.07, 6.45) is 0.719. The molecule has 0 bridgehead atoms. The van der Waals surface area contributed by atoms with E-state index >= 15 is 0 Å². The molecule has 0 aliphatic carbocycles. The van der Waals surface area contributed by atoms with Gasteiger partial charge < -0.3 is 11.1 Å². The molecule has 17 heavy (non-hydrogen) atoms. The van der Waals surface area contributed by atoms with Crippen LogP contribution in [0.5, 0.6) is 0 Å². The molecule has 0 spiro atoms. The van der Waals surface area contributed by atoms with Crippen LogP contribution >= 0.6 is 11.6 Å². The Hall–Kier alpha value is -1.33. The van der Waals surface area contributed by atoms with Crippen LogP contribution in [0.2, 0.25) is 5.02 Å². The monoisotopic (exact) mass is 257 g/mol. The zero-order valence-corrected chi connectivity index (χ0v) is 9.88. The van der Waals surface area contributed by atoms with Crippen molar-refractivity contribution in [2.75, 3.05) is 18.0 Å². The molecule has 1 aromatic carbocycles. The van der Waals surface area contributed by atoms with Crippen molar-refractivity contribution in [2.45, 2.75) is 12.5 Å². The Morgan fingerprint density at radius 2 is 2.35 bits per heavy atom. The molecule has 0 aromatic heterocycles. The maximum absolute atomic E-state index is 13.0.